The molecule has 3 unspecified atom stereocenters. The number of hydrogen-bond acceptors (Lipinski definition) is 3. The quantitative estimate of drug-likeness (QED) is 0.195. The first-order valence-electron chi connectivity index (χ1n) is 18.0. The standard InChI is InChI=1S/C48H38N2S/c1-31-12-10-18-44-47(31)40-29-34(22-25-43(40)50(44)42-17-11-14-32-13-4-5-15-36(32)42)33-21-24-41(49-48(2)26-8-3-9-27-48)39(28-33)35-20-23-38-37-16-6-7-19-45(37)51-46(38)30-35/h3-26,28-31,47,49H,27H2,1-2H3. The second-order valence-electron chi connectivity index (χ2n) is 14.5. The number of fused-ring (bicyclic) bond motifs is 7. The van der Waals surface area contributed by atoms with E-state index in [1.165, 1.54) is 75.8 Å². The van der Waals surface area contributed by atoms with Crippen molar-refractivity contribution in [3.8, 4) is 22.3 Å². The van der Waals surface area contributed by atoms with Gasteiger partial charge in [-0.1, -0.05) is 122 Å². The molecule has 246 valence electrons. The van der Waals surface area contributed by atoms with Crippen molar-refractivity contribution < 1.29 is 0 Å². The molecule has 3 heteroatoms. The van der Waals surface area contributed by atoms with Gasteiger partial charge in [0.1, 0.15) is 0 Å². The van der Waals surface area contributed by atoms with Crippen LogP contribution in [-0.4, -0.2) is 5.54 Å². The van der Waals surface area contributed by atoms with Crippen molar-refractivity contribution in [2.24, 2.45) is 5.92 Å². The fraction of sp³-hybridized carbons (Fsp3) is 0.125. The molecule has 0 bridgehead atoms. The van der Waals surface area contributed by atoms with Crippen LogP contribution in [0.25, 0.3) is 53.2 Å². The van der Waals surface area contributed by atoms with Gasteiger partial charge >= 0.3 is 0 Å². The first-order valence-corrected chi connectivity index (χ1v) is 18.8. The Kier molecular flexibility index (Phi) is 6.94. The number of rotatable bonds is 5. The van der Waals surface area contributed by atoms with E-state index < -0.39 is 0 Å². The van der Waals surface area contributed by atoms with Crippen molar-refractivity contribution in [3.05, 3.63) is 175 Å². The van der Waals surface area contributed by atoms with Crippen LogP contribution in [0.5, 0.6) is 0 Å². The van der Waals surface area contributed by atoms with E-state index in [2.05, 4.69) is 188 Å². The minimum Gasteiger partial charge on any atom is -0.376 e. The summed E-state index contributed by atoms with van der Waals surface area (Å²) in [5, 5.41) is 9.14. The number of nitrogens with one attached hydrogen (secondary N) is 1. The summed E-state index contributed by atoms with van der Waals surface area (Å²) < 4.78 is 2.65. The third-order valence-corrected chi connectivity index (χ3v) is 12.2. The van der Waals surface area contributed by atoms with Crippen LogP contribution >= 0.6 is 11.3 Å². The molecule has 3 aliphatic rings. The van der Waals surface area contributed by atoms with Crippen LogP contribution in [0, 0.1) is 5.92 Å². The molecular formula is C48H38N2S. The molecule has 2 nitrogen and oxygen atoms in total. The van der Waals surface area contributed by atoms with E-state index in [4.69, 9.17) is 0 Å². The highest BCUT2D eigenvalue weighted by molar-refractivity contribution is 7.25. The first kappa shape index (κ1) is 30.2. The third kappa shape index (κ3) is 4.99. The predicted octanol–water partition coefficient (Wildman–Crippen LogP) is 13.6. The van der Waals surface area contributed by atoms with Crippen LogP contribution in [0.4, 0.5) is 17.1 Å². The van der Waals surface area contributed by atoms with Gasteiger partial charge in [0.05, 0.1) is 11.2 Å². The summed E-state index contributed by atoms with van der Waals surface area (Å²) in [6, 6.07) is 45.3. The summed E-state index contributed by atoms with van der Waals surface area (Å²) in [7, 11) is 0. The predicted molar refractivity (Wildman–Crippen MR) is 220 cm³/mol. The lowest BCUT2D eigenvalue weighted by molar-refractivity contribution is 0.619. The van der Waals surface area contributed by atoms with Crippen LogP contribution in [0.3, 0.4) is 0 Å². The van der Waals surface area contributed by atoms with Crippen LogP contribution in [0.1, 0.15) is 31.7 Å². The maximum Gasteiger partial charge on any atom is 0.0565 e. The molecule has 10 rings (SSSR count). The van der Waals surface area contributed by atoms with Gasteiger partial charge in [-0.25, -0.2) is 0 Å². The van der Waals surface area contributed by atoms with Crippen LogP contribution in [-0.2, 0) is 0 Å². The summed E-state index contributed by atoms with van der Waals surface area (Å²) in [5.74, 6) is 0.693. The highest BCUT2D eigenvalue weighted by Gasteiger charge is 2.38. The van der Waals surface area contributed by atoms with E-state index in [9.17, 15) is 0 Å². The van der Waals surface area contributed by atoms with Crippen molar-refractivity contribution in [1.29, 1.82) is 0 Å². The first-order chi connectivity index (χ1) is 25.0. The molecule has 0 spiro atoms. The molecule has 2 heterocycles. The van der Waals surface area contributed by atoms with E-state index >= 15 is 0 Å². The van der Waals surface area contributed by atoms with Gasteiger partial charge in [0.25, 0.3) is 0 Å². The lowest BCUT2D eigenvalue weighted by Gasteiger charge is -2.30. The molecule has 3 atom stereocenters. The van der Waals surface area contributed by atoms with Gasteiger partial charge in [-0.2, -0.15) is 0 Å². The van der Waals surface area contributed by atoms with Crippen molar-refractivity contribution in [2.45, 2.75) is 31.7 Å². The normalized spacial score (nSPS) is 20.6. The highest BCUT2D eigenvalue weighted by Crippen LogP contribution is 2.54. The molecular weight excluding hydrogens is 637 g/mol. The fourth-order valence-electron chi connectivity index (χ4n) is 8.56. The molecule has 0 fully saturated rings. The molecule has 0 saturated heterocycles. The SMILES string of the molecule is CC1C=CC=C2C1c1cc(-c3ccc(NC4(C)C=CC=CC4)c(-c4ccc5c(c4)sc4ccccc45)c3)ccc1N2c1cccc2ccccc12. The minimum atomic E-state index is -0.154. The molecule has 1 aromatic heterocycles. The van der Waals surface area contributed by atoms with E-state index in [1.54, 1.807) is 0 Å². The maximum absolute atomic E-state index is 3.94. The van der Waals surface area contributed by atoms with Crippen LogP contribution < -0.4 is 10.2 Å². The lowest BCUT2D eigenvalue weighted by Crippen LogP contribution is -2.32. The Balaban J connectivity index is 1.11. The van der Waals surface area contributed by atoms with Crippen molar-refractivity contribution >= 4 is 59.3 Å². The van der Waals surface area contributed by atoms with Gasteiger partial charge in [0.15, 0.2) is 0 Å². The molecule has 2 aliphatic carbocycles. The Morgan fingerprint density at radius 1 is 0.686 bits per heavy atom. The fourth-order valence-corrected chi connectivity index (χ4v) is 9.71. The lowest BCUT2D eigenvalue weighted by atomic mass is 9.82. The third-order valence-electron chi connectivity index (χ3n) is 11.1. The van der Waals surface area contributed by atoms with Gasteiger partial charge < -0.3 is 10.2 Å². The van der Waals surface area contributed by atoms with Gasteiger partial charge in [0.2, 0.25) is 0 Å². The van der Waals surface area contributed by atoms with E-state index in [0.717, 1.165) is 12.1 Å². The molecule has 51 heavy (non-hydrogen) atoms. The molecule has 7 aromatic rings. The van der Waals surface area contributed by atoms with Crippen LogP contribution in [0.15, 0.2) is 170 Å². The summed E-state index contributed by atoms with van der Waals surface area (Å²) in [4.78, 5) is 2.51. The molecule has 0 amide bonds. The molecule has 1 N–H and O–H groups in total. The number of hydrogen-bond donors (Lipinski definition) is 1. The van der Waals surface area contributed by atoms with E-state index in [0.29, 0.717) is 11.8 Å². The van der Waals surface area contributed by atoms with Gasteiger partial charge in [-0.05, 0) is 95.4 Å². The summed E-state index contributed by atoms with van der Waals surface area (Å²) in [5.41, 5.74) is 11.2. The maximum atomic E-state index is 3.94. The summed E-state index contributed by atoms with van der Waals surface area (Å²) >= 11 is 1.88. The zero-order chi connectivity index (χ0) is 34.1. The Bertz CT molecular complexity index is 2650. The van der Waals surface area contributed by atoms with Gasteiger partial charge in [-0.15, -0.1) is 11.3 Å². The number of allylic oxidation sites excluding steroid dienone is 6. The Hall–Kier alpha value is -5.64. The van der Waals surface area contributed by atoms with E-state index in [1.807, 2.05) is 11.3 Å². The van der Waals surface area contributed by atoms with Crippen molar-refractivity contribution in [1.82, 2.24) is 0 Å². The average molecular weight is 675 g/mol. The highest BCUT2D eigenvalue weighted by atomic mass is 32.1. The molecule has 0 saturated carbocycles. The smallest absolute Gasteiger partial charge is 0.0565 e. The van der Waals surface area contributed by atoms with Crippen LogP contribution in [0.2, 0.25) is 0 Å². The Morgan fingerprint density at radius 3 is 2.37 bits per heavy atom. The summed E-state index contributed by atoms with van der Waals surface area (Å²) in [6.45, 7) is 4.64. The van der Waals surface area contributed by atoms with Crippen molar-refractivity contribution in [2.75, 3.05) is 10.2 Å². The number of anilines is 3. The monoisotopic (exact) mass is 674 g/mol. The van der Waals surface area contributed by atoms with E-state index in [-0.39, 0.29) is 5.54 Å². The zero-order valence-corrected chi connectivity index (χ0v) is 29.6. The largest absolute Gasteiger partial charge is 0.376 e. The number of nitrogens with zero attached hydrogens (tertiary/aromatic N) is 1. The number of benzene rings is 6. The zero-order valence-electron chi connectivity index (χ0n) is 28.8. The molecule has 1 aliphatic heterocycles. The molecule has 6 aromatic carbocycles. The topological polar surface area (TPSA) is 15.3 Å². The second kappa shape index (κ2) is 11.7. The summed E-state index contributed by atoms with van der Waals surface area (Å²) in [6.07, 6.45) is 16.7. The van der Waals surface area contributed by atoms with Gasteiger partial charge in [0, 0.05) is 54.1 Å². The Labute approximate surface area is 303 Å². The minimum absolute atomic E-state index is 0.154. The molecule has 0 radical (unpaired) electrons. The van der Waals surface area contributed by atoms with Gasteiger partial charge in [-0.3, -0.25) is 0 Å². The second-order valence-corrected chi connectivity index (χ2v) is 15.6. The number of thiophene rings is 1. The van der Waals surface area contributed by atoms with Crippen molar-refractivity contribution in [3.63, 3.8) is 0 Å². The Morgan fingerprint density at radius 2 is 1.47 bits per heavy atom. The average Bonchev–Trinajstić information content (AvgIpc) is 3.70.